The Kier molecular flexibility index (Phi) is 11.4. The molecule has 2 aromatic rings. The van der Waals surface area contributed by atoms with E-state index in [1.807, 2.05) is 0 Å². The molecule has 0 bridgehead atoms. The Morgan fingerprint density at radius 2 is 1.90 bits per heavy atom. The number of methoxy groups -OCH3 is 2. The fraction of sp³-hybridized carbons (Fsp3) is 0.333. The molecular formula is C27H31BrN4O10. The molecule has 1 aliphatic rings. The minimum atomic E-state index is -1.21. The molecule has 3 rings (SSSR count). The summed E-state index contributed by atoms with van der Waals surface area (Å²) >= 11 is 3.32. The highest BCUT2D eigenvalue weighted by Crippen LogP contribution is 2.37. The Bertz CT molecular complexity index is 1380. The molecule has 1 aliphatic heterocycles. The van der Waals surface area contributed by atoms with Gasteiger partial charge in [-0.2, -0.15) is 5.10 Å². The Balaban J connectivity index is 1.68. The lowest BCUT2D eigenvalue weighted by atomic mass is 9.95. The fourth-order valence-corrected chi connectivity index (χ4v) is 4.48. The van der Waals surface area contributed by atoms with Gasteiger partial charge in [-0.15, -0.1) is 0 Å². The predicted molar refractivity (Wildman–Crippen MR) is 153 cm³/mol. The maximum Gasteiger partial charge on any atom is 0.341 e. The zero-order chi connectivity index (χ0) is 30.8. The maximum absolute atomic E-state index is 12.4. The molecule has 42 heavy (non-hydrogen) atoms. The minimum absolute atomic E-state index is 0.206. The molecule has 2 aromatic carbocycles. The number of halogens is 1. The van der Waals surface area contributed by atoms with Crippen LogP contribution in [0.15, 0.2) is 51.2 Å². The van der Waals surface area contributed by atoms with Crippen LogP contribution in [0, 0.1) is 0 Å². The number of hydrogen-bond donors (Lipinski definition) is 5. The average molecular weight is 651 g/mol. The number of aliphatic hydroxyl groups excluding tert-OH is 1. The van der Waals surface area contributed by atoms with E-state index in [2.05, 4.69) is 37.1 Å². The number of nitrogens with zero attached hydrogens (tertiary/aromatic N) is 1. The summed E-state index contributed by atoms with van der Waals surface area (Å²) in [5.74, 6) is -0.555. The van der Waals surface area contributed by atoms with Crippen molar-refractivity contribution < 1.29 is 48.3 Å². The molecular weight excluding hydrogens is 620 g/mol. The number of carbonyl (C=O) groups is 3. The molecule has 226 valence electrons. The minimum Gasteiger partial charge on any atom is -0.493 e. The van der Waals surface area contributed by atoms with Crippen LogP contribution in [-0.4, -0.2) is 74.7 Å². The second-order valence-electron chi connectivity index (χ2n) is 8.63. The van der Waals surface area contributed by atoms with Crippen molar-refractivity contribution in [3.05, 3.63) is 57.2 Å². The van der Waals surface area contributed by atoms with Gasteiger partial charge in [0.1, 0.15) is 6.61 Å². The number of rotatable bonds is 14. The SMILES string of the molecule is CCOc1cc([C@H]2NC(=O)NC(C)=C2C(=O)OC)ccc1OC[C@H](O)N/N=C\c1cc(Br)c(OCC(=O)O)c(OC)c1. The van der Waals surface area contributed by atoms with E-state index in [-0.39, 0.29) is 23.7 Å². The van der Waals surface area contributed by atoms with Gasteiger partial charge in [0.15, 0.2) is 35.8 Å². The average Bonchev–Trinajstić information content (AvgIpc) is 2.94. The molecule has 0 radical (unpaired) electrons. The molecule has 0 aromatic heterocycles. The standard InChI is InChI=1S/C27H31BrN4O10/c1-5-40-19-10-16(24-23(26(36)39-4)14(2)30-27(37)31-24)6-7-18(19)41-12-21(33)32-29-11-15-8-17(28)25(20(9-15)38-3)42-13-22(34)35/h6-11,21,24,32-33H,5,12-13H2,1-4H3,(H,34,35)(H2,30,31,37)/b29-11-/t21-,24+/m0/s1. The van der Waals surface area contributed by atoms with Crippen LogP contribution >= 0.6 is 15.9 Å². The third kappa shape index (κ3) is 8.27. The van der Waals surface area contributed by atoms with Gasteiger partial charge in [-0.25, -0.2) is 14.4 Å². The molecule has 0 saturated heterocycles. The van der Waals surface area contributed by atoms with Crippen molar-refractivity contribution in [2.24, 2.45) is 5.10 Å². The predicted octanol–water partition coefficient (Wildman–Crippen LogP) is 2.44. The highest BCUT2D eigenvalue weighted by molar-refractivity contribution is 9.10. The Hall–Kier alpha value is -4.50. The van der Waals surface area contributed by atoms with Crippen LogP contribution in [0.25, 0.3) is 0 Å². The lowest BCUT2D eigenvalue weighted by Gasteiger charge is -2.28. The Labute approximate surface area is 249 Å². The summed E-state index contributed by atoms with van der Waals surface area (Å²) in [6.07, 6.45) is 0.207. The quantitative estimate of drug-likeness (QED) is 0.0875. The van der Waals surface area contributed by atoms with Gasteiger partial charge in [0.2, 0.25) is 0 Å². The van der Waals surface area contributed by atoms with Crippen LogP contribution in [-0.2, 0) is 14.3 Å². The van der Waals surface area contributed by atoms with E-state index in [9.17, 15) is 19.5 Å². The molecule has 0 unspecified atom stereocenters. The second-order valence-corrected chi connectivity index (χ2v) is 9.49. The number of nitrogens with one attached hydrogen (secondary N) is 3. The molecule has 0 saturated carbocycles. The lowest BCUT2D eigenvalue weighted by Crippen LogP contribution is -2.45. The van der Waals surface area contributed by atoms with E-state index < -0.39 is 36.8 Å². The third-order valence-corrected chi connectivity index (χ3v) is 6.29. The smallest absolute Gasteiger partial charge is 0.341 e. The molecule has 2 atom stereocenters. The van der Waals surface area contributed by atoms with Gasteiger partial charge in [-0.3, -0.25) is 5.43 Å². The number of allylic oxidation sites excluding steroid dienone is 1. The van der Waals surface area contributed by atoms with E-state index in [4.69, 9.17) is 28.8 Å². The van der Waals surface area contributed by atoms with Crippen LogP contribution in [0.5, 0.6) is 23.0 Å². The fourth-order valence-electron chi connectivity index (χ4n) is 3.91. The summed E-state index contributed by atoms with van der Waals surface area (Å²) in [5, 5.41) is 28.5. The molecule has 0 aliphatic carbocycles. The van der Waals surface area contributed by atoms with Crippen molar-refractivity contribution in [2.45, 2.75) is 26.1 Å². The van der Waals surface area contributed by atoms with Gasteiger partial charge >= 0.3 is 18.0 Å². The highest BCUT2D eigenvalue weighted by atomic mass is 79.9. The summed E-state index contributed by atoms with van der Waals surface area (Å²) in [6, 6.07) is 6.88. The van der Waals surface area contributed by atoms with E-state index in [1.54, 1.807) is 44.2 Å². The van der Waals surface area contributed by atoms with Gasteiger partial charge in [-0.05, 0) is 65.2 Å². The van der Waals surface area contributed by atoms with Gasteiger partial charge < -0.3 is 44.5 Å². The van der Waals surface area contributed by atoms with Crippen molar-refractivity contribution >= 4 is 40.1 Å². The molecule has 2 amide bonds. The number of ether oxygens (including phenoxy) is 5. The number of urea groups is 1. The molecule has 0 spiro atoms. The van der Waals surface area contributed by atoms with E-state index >= 15 is 0 Å². The number of carboxylic acid groups (broad SMARTS) is 1. The Morgan fingerprint density at radius 3 is 2.57 bits per heavy atom. The monoisotopic (exact) mass is 650 g/mol. The Morgan fingerprint density at radius 1 is 1.14 bits per heavy atom. The van der Waals surface area contributed by atoms with E-state index in [0.29, 0.717) is 39.4 Å². The van der Waals surface area contributed by atoms with E-state index in [0.717, 1.165) is 0 Å². The molecule has 15 heteroatoms. The number of hydrazone groups is 1. The van der Waals surface area contributed by atoms with Crippen molar-refractivity contribution in [3.63, 3.8) is 0 Å². The first kappa shape index (κ1) is 32.0. The van der Waals surface area contributed by atoms with Crippen LogP contribution in [0.3, 0.4) is 0 Å². The number of amides is 2. The number of aliphatic hydroxyl groups is 1. The van der Waals surface area contributed by atoms with Crippen molar-refractivity contribution in [1.29, 1.82) is 0 Å². The van der Waals surface area contributed by atoms with Crippen LogP contribution in [0.4, 0.5) is 4.79 Å². The number of carboxylic acids is 1. The summed E-state index contributed by atoms with van der Waals surface area (Å²) in [5.41, 5.74) is 4.29. The number of carbonyl (C=O) groups excluding carboxylic acids is 2. The largest absolute Gasteiger partial charge is 0.493 e. The number of aliphatic carboxylic acids is 1. The van der Waals surface area contributed by atoms with Crippen LogP contribution in [0.1, 0.15) is 31.0 Å². The number of esters is 1. The lowest BCUT2D eigenvalue weighted by molar-refractivity contribution is -0.139. The topological polar surface area (TPSA) is 186 Å². The number of benzene rings is 2. The summed E-state index contributed by atoms with van der Waals surface area (Å²) < 4.78 is 27.3. The summed E-state index contributed by atoms with van der Waals surface area (Å²) in [4.78, 5) is 35.3. The van der Waals surface area contributed by atoms with Crippen LogP contribution in [0.2, 0.25) is 0 Å². The molecule has 5 N–H and O–H groups in total. The summed E-state index contributed by atoms with van der Waals surface area (Å²) in [6.45, 7) is 2.96. The first-order valence-electron chi connectivity index (χ1n) is 12.5. The van der Waals surface area contributed by atoms with Crippen molar-refractivity contribution in [3.8, 4) is 23.0 Å². The van der Waals surface area contributed by atoms with Crippen LogP contribution < -0.4 is 35.0 Å². The summed E-state index contributed by atoms with van der Waals surface area (Å²) in [7, 11) is 2.67. The normalized spacial score (nSPS) is 15.4. The van der Waals surface area contributed by atoms with E-state index in [1.165, 1.54) is 20.4 Å². The molecule has 14 nitrogen and oxygen atoms in total. The van der Waals surface area contributed by atoms with Gasteiger partial charge in [0.05, 0.1) is 43.1 Å². The van der Waals surface area contributed by atoms with Crippen molar-refractivity contribution in [1.82, 2.24) is 16.1 Å². The molecule has 1 heterocycles. The zero-order valence-electron chi connectivity index (χ0n) is 23.2. The highest BCUT2D eigenvalue weighted by Gasteiger charge is 2.32. The van der Waals surface area contributed by atoms with Gasteiger partial charge in [-0.1, -0.05) is 6.07 Å². The van der Waals surface area contributed by atoms with Gasteiger partial charge in [0, 0.05) is 5.70 Å². The third-order valence-electron chi connectivity index (χ3n) is 5.70. The van der Waals surface area contributed by atoms with Gasteiger partial charge in [0.25, 0.3) is 0 Å². The maximum atomic E-state index is 12.4. The number of hydrogen-bond acceptors (Lipinski definition) is 11. The van der Waals surface area contributed by atoms with Crippen molar-refractivity contribution in [2.75, 3.05) is 34.0 Å². The second kappa shape index (κ2) is 14.9. The zero-order valence-corrected chi connectivity index (χ0v) is 24.8. The first-order chi connectivity index (χ1) is 20.1. The first-order valence-corrected chi connectivity index (χ1v) is 13.3. The molecule has 0 fully saturated rings.